The van der Waals surface area contributed by atoms with E-state index in [0.29, 0.717) is 12.3 Å². The third-order valence-electron chi connectivity index (χ3n) is 3.20. The molecule has 1 atom stereocenters. The molecule has 0 bridgehead atoms. The summed E-state index contributed by atoms with van der Waals surface area (Å²) < 4.78 is 1.78. The van der Waals surface area contributed by atoms with Gasteiger partial charge in [-0.3, -0.25) is 9.69 Å². The van der Waals surface area contributed by atoms with Crippen LogP contribution in [0.25, 0.3) is 0 Å². The number of aliphatic carboxylic acids is 1. The molecule has 2 rings (SSSR count). The largest absolute Gasteiger partial charge is 0.480 e. The zero-order chi connectivity index (χ0) is 13.7. The molecule has 1 aliphatic heterocycles. The van der Waals surface area contributed by atoms with Gasteiger partial charge in [-0.05, 0) is 16.8 Å². The fourth-order valence-corrected chi connectivity index (χ4v) is 3.16. The van der Waals surface area contributed by atoms with E-state index in [1.807, 2.05) is 4.90 Å². The molecule has 0 saturated carbocycles. The lowest BCUT2D eigenvalue weighted by atomic mass is 10.2. The van der Waals surface area contributed by atoms with E-state index < -0.39 is 12.0 Å². The van der Waals surface area contributed by atoms with Crippen LogP contribution in [0.15, 0.2) is 0 Å². The quantitative estimate of drug-likeness (QED) is 0.813. The number of nitrogens with zero attached hydrogens (tertiary/aromatic N) is 5. The Bertz CT molecular complexity index is 425. The van der Waals surface area contributed by atoms with E-state index in [1.54, 1.807) is 16.4 Å². The molecule has 1 aromatic heterocycles. The molecule has 0 aliphatic carbocycles. The van der Waals surface area contributed by atoms with Crippen molar-refractivity contribution in [1.82, 2.24) is 25.1 Å². The average Bonchev–Trinajstić information content (AvgIpc) is 2.84. The summed E-state index contributed by atoms with van der Waals surface area (Å²) >= 11 is 1.68. The van der Waals surface area contributed by atoms with Crippen molar-refractivity contribution in [1.29, 1.82) is 0 Å². The first-order valence-corrected chi connectivity index (χ1v) is 7.67. The van der Waals surface area contributed by atoms with Crippen LogP contribution in [-0.4, -0.2) is 60.3 Å². The minimum atomic E-state index is -0.764. The fraction of sp³-hybridized carbons (Fsp3) is 0.818. The molecular formula is C11H19N5O2S. The highest BCUT2D eigenvalue weighted by molar-refractivity contribution is 7.99. The van der Waals surface area contributed by atoms with Crippen molar-refractivity contribution in [2.45, 2.75) is 38.9 Å². The molecule has 1 fully saturated rings. The number of aryl methyl sites for hydroxylation is 1. The lowest BCUT2D eigenvalue weighted by Gasteiger charge is -2.31. The van der Waals surface area contributed by atoms with Crippen LogP contribution in [-0.2, 0) is 17.9 Å². The monoisotopic (exact) mass is 285 g/mol. The average molecular weight is 285 g/mol. The van der Waals surface area contributed by atoms with E-state index >= 15 is 0 Å². The van der Waals surface area contributed by atoms with Gasteiger partial charge in [0.05, 0.1) is 6.54 Å². The van der Waals surface area contributed by atoms with E-state index in [9.17, 15) is 9.90 Å². The van der Waals surface area contributed by atoms with Gasteiger partial charge in [0.1, 0.15) is 6.04 Å². The molecule has 1 aliphatic rings. The van der Waals surface area contributed by atoms with E-state index in [4.69, 9.17) is 0 Å². The van der Waals surface area contributed by atoms with Gasteiger partial charge < -0.3 is 5.11 Å². The summed E-state index contributed by atoms with van der Waals surface area (Å²) in [4.78, 5) is 13.2. The standard InChI is InChI=1S/C11H19N5O2S/c1-2-3-4-16-10(12-13-14-16)7-15-5-6-19-8-9(15)11(17)18/h9H,2-8H2,1H3,(H,17,18). The Balaban J connectivity index is 2.02. The Labute approximate surface area is 116 Å². The van der Waals surface area contributed by atoms with Crippen molar-refractivity contribution < 1.29 is 9.90 Å². The maximum atomic E-state index is 11.2. The maximum Gasteiger partial charge on any atom is 0.321 e. The number of rotatable bonds is 6. The number of aromatic nitrogens is 4. The van der Waals surface area contributed by atoms with Gasteiger partial charge in [0.25, 0.3) is 0 Å². The molecule has 106 valence electrons. The molecular weight excluding hydrogens is 266 g/mol. The van der Waals surface area contributed by atoms with Crippen molar-refractivity contribution in [3.05, 3.63) is 5.82 Å². The molecule has 1 saturated heterocycles. The highest BCUT2D eigenvalue weighted by atomic mass is 32.2. The molecule has 7 nitrogen and oxygen atoms in total. The van der Waals surface area contributed by atoms with Crippen LogP contribution in [0.3, 0.4) is 0 Å². The minimum Gasteiger partial charge on any atom is -0.480 e. The first-order chi connectivity index (χ1) is 9.22. The van der Waals surface area contributed by atoms with Crippen LogP contribution < -0.4 is 0 Å². The summed E-state index contributed by atoms with van der Waals surface area (Å²) in [5.74, 6) is 1.58. The van der Waals surface area contributed by atoms with Gasteiger partial charge in [0.15, 0.2) is 5.82 Å². The van der Waals surface area contributed by atoms with Crippen LogP contribution in [0, 0.1) is 0 Å². The summed E-state index contributed by atoms with van der Waals surface area (Å²) in [6, 6.07) is -0.435. The molecule has 0 amide bonds. The lowest BCUT2D eigenvalue weighted by molar-refractivity contribution is -0.142. The van der Waals surface area contributed by atoms with E-state index in [-0.39, 0.29) is 0 Å². The van der Waals surface area contributed by atoms with Gasteiger partial charge in [-0.1, -0.05) is 13.3 Å². The topological polar surface area (TPSA) is 84.1 Å². The molecule has 0 aromatic carbocycles. The predicted molar refractivity (Wildman–Crippen MR) is 71.9 cm³/mol. The van der Waals surface area contributed by atoms with Crippen LogP contribution in [0.4, 0.5) is 0 Å². The zero-order valence-corrected chi connectivity index (χ0v) is 11.8. The zero-order valence-electron chi connectivity index (χ0n) is 11.0. The summed E-state index contributed by atoms with van der Waals surface area (Å²) in [5.41, 5.74) is 0. The minimum absolute atomic E-state index is 0.435. The third kappa shape index (κ3) is 3.66. The first-order valence-electron chi connectivity index (χ1n) is 6.52. The summed E-state index contributed by atoms with van der Waals surface area (Å²) in [6.07, 6.45) is 2.10. The van der Waals surface area contributed by atoms with Crippen molar-refractivity contribution in [3.63, 3.8) is 0 Å². The van der Waals surface area contributed by atoms with Gasteiger partial charge >= 0.3 is 5.97 Å². The molecule has 0 radical (unpaired) electrons. The summed E-state index contributed by atoms with van der Waals surface area (Å²) in [5, 5.41) is 20.9. The summed E-state index contributed by atoms with van der Waals surface area (Å²) in [6.45, 7) is 4.18. The van der Waals surface area contributed by atoms with Crippen molar-refractivity contribution in [2.75, 3.05) is 18.1 Å². The van der Waals surface area contributed by atoms with Crippen LogP contribution in [0.2, 0.25) is 0 Å². The SMILES string of the molecule is CCCCn1nnnc1CN1CCSCC1C(=O)O. The van der Waals surface area contributed by atoms with Crippen LogP contribution in [0.1, 0.15) is 25.6 Å². The number of hydrogen-bond acceptors (Lipinski definition) is 6. The third-order valence-corrected chi connectivity index (χ3v) is 4.22. The molecule has 2 heterocycles. The molecule has 1 unspecified atom stereocenters. The molecule has 0 spiro atoms. The molecule has 19 heavy (non-hydrogen) atoms. The Morgan fingerprint density at radius 2 is 2.42 bits per heavy atom. The Morgan fingerprint density at radius 3 is 3.16 bits per heavy atom. The highest BCUT2D eigenvalue weighted by Crippen LogP contribution is 2.18. The predicted octanol–water partition coefficient (Wildman–Crippen LogP) is 0.475. The number of carboxylic acids is 1. The number of carbonyl (C=O) groups is 1. The second-order valence-electron chi connectivity index (χ2n) is 4.57. The number of unbranched alkanes of at least 4 members (excludes halogenated alkanes) is 1. The number of carboxylic acid groups (broad SMARTS) is 1. The van der Waals surface area contributed by atoms with Gasteiger partial charge in [0, 0.05) is 24.6 Å². The number of tetrazole rings is 1. The second kappa shape index (κ2) is 6.85. The van der Waals surface area contributed by atoms with Crippen LogP contribution in [0.5, 0.6) is 0 Å². The Morgan fingerprint density at radius 1 is 1.58 bits per heavy atom. The van der Waals surface area contributed by atoms with E-state index in [0.717, 1.165) is 37.5 Å². The molecule has 1 N–H and O–H groups in total. The first kappa shape index (κ1) is 14.3. The van der Waals surface area contributed by atoms with Crippen molar-refractivity contribution >= 4 is 17.7 Å². The van der Waals surface area contributed by atoms with Gasteiger partial charge in [-0.2, -0.15) is 11.8 Å². The Hall–Kier alpha value is -1.15. The number of hydrogen-bond donors (Lipinski definition) is 1. The molecule has 1 aromatic rings. The smallest absolute Gasteiger partial charge is 0.321 e. The van der Waals surface area contributed by atoms with E-state index in [2.05, 4.69) is 22.4 Å². The fourth-order valence-electron chi connectivity index (χ4n) is 2.05. The lowest BCUT2D eigenvalue weighted by Crippen LogP contribution is -2.47. The van der Waals surface area contributed by atoms with Gasteiger partial charge in [-0.15, -0.1) is 5.10 Å². The van der Waals surface area contributed by atoms with Gasteiger partial charge in [-0.25, -0.2) is 4.68 Å². The maximum absolute atomic E-state index is 11.2. The van der Waals surface area contributed by atoms with Crippen molar-refractivity contribution in [3.8, 4) is 0 Å². The Kier molecular flexibility index (Phi) is 5.15. The van der Waals surface area contributed by atoms with E-state index in [1.165, 1.54) is 0 Å². The van der Waals surface area contributed by atoms with Crippen LogP contribution >= 0.6 is 11.8 Å². The second-order valence-corrected chi connectivity index (χ2v) is 5.72. The molecule has 8 heteroatoms. The highest BCUT2D eigenvalue weighted by Gasteiger charge is 2.29. The summed E-state index contributed by atoms with van der Waals surface area (Å²) in [7, 11) is 0. The van der Waals surface area contributed by atoms with Crippen molar-refractivity contribution in [2.24, 2.45) is 0 Å². The van der Waals surface area contributed by atoms with Gasteiger partial charge in [0.2, 0.25) is 0 Å². The number of thioether (sulfide) groups is 1. The normalized spacial score (nSPS) is 20.6.